The molecular weight excluding hydrogens is 530 g/mol. The zero-order valence-corrected chi connectivity index (χ0v) is 23.6. The highest BCUT2D eigenvalue weighted by molar-refractivity contribution is 5.83. The lowest BCUT2D eigenvalue weighted by Crippen LogP contribution is -2.44. The smallest absolute Gasteiger partial charge is 0.326 e. The molecule has 0 radical (unpaired) electrons. The molecule has 3 N–H and O–H groups in total. The van der Waals surface area contributed by atoms with Gasteiger partial charge in [-0.2, -0.15) is 0 Å². The first-order valence-corrected chi connectivity index (χ1v) is 14.8. The zero-order valence-electron chi connectivity index (χ0n) is 23.6. The minimum Gasteiger partial charge on any atom is -0.492 e. The molecule has 1 aromatic carbocycles. The van der Waals surface area contributed by atoms with E-state index in [0.717, 1.165) is 62.5 Å². The maximum atomic E-state index is 13.5. The highest BCUT2D eigenvalue weighted by Crippen LogP contribution is 2.40. The number of ether oxygens (including phenoxy) is 1. The molecule has 4 rings (SSSR count). The fourth-order valence-electron chi connectivity index (χ4n) is 5.59. The van der Waals surface area contributed by atoms with Gasteiger partial charge in [0, 0.05) is 44.6 Å². The van der Waals surface area contributed by atoms with E-state index >= 15 is 0 Å². The predicted molar refractivity (Wildman–Crippen MR) is 153 cm³/mol. The third-order valence-corrected chi connectivity index (χ3v) is 7.88. The summed E-state index contributed by atoms with van der Waals surface area (Å²) in [6.45, 7) is 3.21. The van der Waals surface area contributed by atoms with Gasteiger partial charge in [-0.15, -0.1) is 0 Å². The lowest BCUT2D eigenvalue weighted by molar-refractivity contribution is -0.142. The molecule has 41 heavy (non-hydrogen) atoms. The highest BCUT2D eigenvalue weighted by atomic mass is 19.3. The van der Waals surface area contributed by atoms with Crippen LogP contribution in [0, 0.1) is 5.92 Å². The molecule has 1 aliphatic heterocycles. The molecule has 2 heterocycles. The van der Waals surface area contributed by atoms with Gasteiger partial charge in [-0.3, -0.25) is 9.69 Å². The number of amides is 1. The van der Waals surface area contributed by atoms with Gasteiger partial charge in [0.2, 0.25) is 11.8 Å². The number of unbranched alkanes of at least 4 members (excludes halogenated alkanes) is 1. The van der Waals surface area contributed by atoms with Gasteiger partial charge in [-0.05, 0) is 81.2 Å². The quantitative estimate of drug-likeness (QED) is 0.245. The number of aryl methyl sites for hydroxylation is 2. The Morgan fingerprint density at radius 3 is 2.73 bits per heavy atom. The topological polar surface area (TPSA) is 104 Å². The molecule has 1 aromatic heterocycles. The first-order chi connectivity index (χ1) is 19.8. The van der Waals surface area contributed by atoms with Gasteiger partial charge < -0.3 is 20.5 Å². The van der Waals surface area contributed by atoms with Crippen LogP contribution in [0.15, 0.2) is 42.5 Å². The van der Waals surface area contributed by atoms with Gasteiger partial charge in [-0.1, -0.05) is 24.3 Å². The number of anilines is 1. The van der Waals surface area contributed by atoms with Crippen LogP contribution in [0.4, 0.5) is 14.6 Å². The fraction of sp³-hybridized carbons (Fsp3) is 0.581. The molecular formula is C31H42F2N4O4. The Hall–Kier alpha value is -3.27. The number of pyridine rings is 1. The van der Waals surface area contributed by atoms with Gasteiger partial charge in [0.1, 0.15) is 24.2 Å². The Labute approximate surface area is 240 Å². The molecule has 0 spiro atoms. The number of aliphatic carboxylic acids is 1. The molecule has 224 valence electrons. The van der Waals surface area contributed by atoms with Crippen LogP contribution >= 0.6 is 0 Å². The van der Waals surface area contributed by atoms with E-state index in [1.165, 1.54) is 5.56 Å². The molecule has 1 saturated carbocycles. The predicted octanol–water partition coefficient (Wildman–Crippen LogP) is 4.93. The molecule has 2 aromatic rings. The normalized spacial score (nSPS) is 18.4. The maximum Gasteiger partial charge on any atom is 0.326 e. The van der Waals surface area contributed by atoms with E-state index in [4.69, 9.17) is 9.72 Å². The Morgan fingerprint density at radius 1 is 1.15 bits per heavy atom. The van der Waals surface area contributed by atoms with Crippen molar-refractivity contribution in [2.45, 2.75) is 76.2 Å². The van der Waals surface area contributed by atoms with Crippen molar-refractivity contribution < 1.29 is 28.2 Å². The van der Waals surface area contributed by atoms with Crippen LogP contribution in [-0.4, -0.2) is 71.6 Å². The number of nitrogens with zero attached hydrogens (tertiary/aromatic N) is 2. The van der Waals surface area contributed by atoms with E-state index < -0.39 is 29.8 Å². The summed E-state index contributed by atoms with van der Waals surface area (Å²) in [5.74, 6) is -2.98. The number of halogens is 2. The number of aromatic nitrogens is 1. The number of hydrogen-bond acceptors (Lipinski definition) is 6. The summed E-state index contributed by atoms with van der Waals surface area (Å²) in [6.07, 6.45) is 4.78. The zero-order chi connectivity index (χ0) is 29.1. The number of alkyl halides is 2. The largest absolute Gasteiger partial charge is 0.492 e. The molecule has 8 nitrogen and oxygen atoms in total. The molecule has 1 amide bonds. The van der Waals surface area contributed by atoms with Crippen molar-refractivity contribution in [3.05, 3.63) is 53.7 Å². The number of benzene rings is 1. The number of hydrogen-bond donors (Lipinski definition) is 3. The summed E-state index contributed by atoms with van der Waals surface area (Å²) in [5.41, 5.74) is 2.33. The standard InChI is InChI=1S/C31H42F2N4O4/c32-31(33)15-13-23(22-31)21-28(38)36-27(30(39)40)14-18-37(19-20-41-26-9-2-1-3-10-26)17-5-4-8-25-12-11-24-7-6-16-34-29(24)35-25/h1-3,9-12,23,27H,4-8,13-22H2,(H,34,35)(H,36,38)(H,39,40). The van der Waals surface area contributed by atoms with Crippen LogP contribution in [0.25, 0.3) is 0 Å². The van der Waals surface area contributed by atoms with E-state index in [9.17, 15) is 23.5 Å². The number of carbonyl (C=O) groups is 2. The molecule has 2 unspecified atom stereocenters. The summed E-state index contributed by atoms with van der Waals surface area (Å²) >= 11 is 0. The number of rotatable bonds is 16. The number of carboxylic acid groups (broad SMARTS) is 1. The second kappa shape index (κ2) is 15.1. The van der Waals surface area contributed by atoms with Crippen molar-refractivity contribution in [3.63, 3.8) is 0 Å². The van der Waals surface area contributed by atoms with Crippen molar-refractivity contribution in [3.8, 4) is 5.75 Å². The molecule has 10 heteroatoms. The fourth-order valence-corrected chi connectivity index (χ4v) is 5.59. The number of carboxylic acids is 1. The van der Waals surface area contributed by atoms with Gasteiger partial charge in [0.05, 0.1) is 0 Å². The van der Waals surface area contributed by atoms with E-state index in [0.29, 0.717) is 19.7 Å². The van der Waals surface area contributed by atoms with Crippen molar-refractivity contribution >= 4 is 17.7 Å². The maximum absolute atomic E-state index is 13.5. The molecule has 0 saturated heterocycles. The average molecular weight is 573 g/mol. The number of fused-ring (bicyclic) bond motifs is 1. The molecule has 2 aliphatic rings. The Balaban J connectivity index is 1.26. The van der Waals surface area contributed by atoms with Gasteiger partial charge in [0.15, 0.2) is 0 Å². The van der Waals surface area contributed by atoms with Crippen molar-refractivity contribution in [2.75, 3.05) is 38.1 Å². The molecule has 1 aliphatic carbocycles. The summed E-state index contributed by atoms with van der Waals surface area (Å²) in [7, 11) is 0. The summed E-state index contributed by atoms with van der Waals surface area (Å²) < 4.78 is 32.9. The van der Waals surface area contributed by atoms with Crippen molar-refractivity contribution in [2.24, 2.45) is 5.92 Å². The van der Waals surface area contributed by atoms with Crippen LogP contribution in [0.2, 0.25) is 0 Å². The second-order valence-corrected chi connectivity index (χ2v) is 11.2. The second-order valence-electron chi connectivity index (χ2n) is 11.2. The Bertz CT molecular complexity index is 1130. The first-order valence-electron chi connectivity index (χ1n) is 14.8. The van der Waals surface area contributed by atoms with Crippen LogP contribution in [0.3, 0.4) is 0 Å². The number of para-hydroxylation sites is 1. The van der Waals surface area contributed by atoms with Crippen LogP contribution in [0.5, 0.6) is 5.75 Å². The number of nitrogens with one attached hydrogen (secondary N) is 2. The number of carbonyl (C=O) groups excluding carboxylic acids is 1. The van der Waals surface area contributed by atoms with Crippen molar-refractivity contribution in [1.29, 1.82) is 0 Å². The van der Waals surface area contributed by atoms with Gasteiger partial charge >= 0.3 is 5.97 Å². The molecule has 0 bridgehead atoms. The third kappa shape index (κ3) is 10.3. The summed E-state index contributed by atoms with van der Waals surface area (Å²) in [5, 5.41) is 15.7. The third-order valence-electron chi connectivity index (χ3n) is 7.88. The Kier molecular flexibility index (Phi) is 11.3. The van der Waals surface area contributed by atoms with Gasteiger partial charge in [0.25, 0.3) is 0 Å². The minimum atomic E-state index is -2.73. The van der Waals surface area contributed by atoms with Crippen LogP contribution in [-0.2, 0) is 22.4 Å². The van der Waals surface area contributed by atoms with Crippen molar-refractivity contribution in [1.82, 2.24) is 15.2 Å². The highest BCUT2D eigenvalue weighted by Gasteiger charge is 2.40. The first kappa shape index (κ1) is 30.7. The monoisotopic (exact) mass is 572 g/mol. The SMILES string of the molecule is O=C(CC1CCC(F)(F)C1)NC(CCN(CCCCc1ccc2c(n1)NCCC2)CCOc1ccccc1)C(=O)O. The van der Waals surface area contributed by atoms with E-state index in [-0.39, 0.29) is 32.1 Å². The Morgan fingerprint density at radius 2 is 1.98 bits per heavy atom. The lowest BCUT2D eigenvalue weighted by Gasteiger charge is -2.25. The average Bonchev–Trinajstić information content (AvgIpc) is 3.30. The van der Waals surface area contributed by atoms with E-state index in [1.54, 1.807) is 0 Å². The van der Waals surface area contributed by atoms with Crippen LogP contribution in [0.1, 0.15) is 62.6 Å². The minimum absolute atomic E-state index is 0.0692. The van der Waals surface area contributed by atoms with Crippen LogP contribution < -0.4 is 15.4 Å². The lowest BCUT2D eigenvalue weighted by atomic mass is 10.0. The molecule has 2 atom stereocenters. The molecule has 1 fully saturated rings. The van der Waals surface area contributed by atoms with Gasteiger partial charge in [-0.25, -0.2) is 18.6 Å². The summed E-state index contributed by atoms with van der Waals surface area (Å²) in [6, 6.07) is 12.7. The summed E-state index contributed by atoms with van der Waals surface area (Å²) in [4.78, 5) is 31.3. The van der Waals surface area contributed by atoms with E-state index in [1.807, 2.05) is 30.3 Å². The van der Waals surface area contributed by atoms with E-state index in [2.05, 4.69) is 27.7 Å².